The molecule has 0 radical (unpaired) electrons. The molecule has 0 atom stereocenters. The molecule has 0 bridgehead atoms. The highest BCUT2D eigenvalue weighted by Gasteiger charge is 2.13. The van der Waals surface area contributed by atoms with Crippen molar-refractivity contribution in [2.75, 3.05) is 12.0 Å². The van der Waals surface area contributed by atoms with Gasteiger partial charge in [-0.1, -0.05) is 36.1 Å². The Hall–Kier alpha value is -3.50. The highest BCUT2D eigenvalue weighted by Crippen LogP contribution is 2.25. The lowest BCUT2D eigenvalue weighted by atomic mass is 10.0. The molecular weight excluding hydrogens is 384 g/mol. The second-order valence-electron chi connectivity index (χ2n) is 6.80. The Morgan fingerprint density at radius 1 is 1.10 bits per heavy atom. The molecule has 0 saturated heterocycles. The van der Waals surface area contributed by atoms with Crippen molar-refractivity contribution in [3.05, 3.63) is 70.7 Å². The van der Waals surface area contributed by atoms with E-state index in [9.17, 15) is 8.42 Å². The molecule has 1 aromatic carbocycles. The van der Waals surface area contributed by atoms with E-state index in [2.05, 4.69) is 32.9 Å². The summed E-state index contributed by atoms with van der Waals surface area (Å²) in [5, 5.41) is 0. The molecule has 7 heteroatoms. The van der Waals surface area contributed by atoms with Gasteiger partial charge in [0.25, 0.3) is 0 Å². The summed E-state index contributed by atoms with van der Waals surface area (Å²) in [5.74, 6) is 6.42. The number of sulfone groups is 1. The van der Waals surface area contributed by atoms with Crippen LogP contribution in [0.3, 0.4) is 0 Å². The molecule has 0 amide bonds. The zero-order valence-electron chi connectivity index (χ0n) is 16.0. The Morgan fingerprint density at radius 3 is 2.59 bits per heavy atom. The highest BCUT2D eigenvalue weighted by molar-refractivity contribution is 7.90. The summed E-state index contributed by atoms with van der Waals surface area (Å²) in [6.45, 7) is 1.82. The largest absolute Gasteiger partial charge is 0.368 e. The first kappa shape index (κ1) is 18.8. The molecule has 1 aliphatic rings. The monoisotopic (exact) mass is 402 g/mol. The van der Waals surface area contributed by atoms with Gasteiger partial charge in [0.1, 0.15) is 0 Å². The van der Waals surface area contributed by atoms with Crippen molar-refractivity contribution >= 4 is 21.9 Å². The fraction of sp³-hybridized carbons (Fsp3) is 0.136. The van der Waals surface area contributed by atoms with Gasteiger partial charge >= 0.3 is 0 Å². The lowest BCUT2D eigenvalue weighted by molar-refractivity contribution is 0.602. The smallest absolute Gasteiger partial charge is 0.220 e. The average Bonchev–Trinajstić information content (AvgIpc) is 3.14. The van der Waals surface area contributed by atoms with Crippen molar-refractivity contribution in [3.8, 4) is 23.1 Å². The van der Waals surface area contributed by atoms with Crippen LogP contribution in [-0.2, 0) is 16.3 Å². The summed E-state index contributed by atoms with van der Waals surface area (Å²) in [5.41, 5.74) is 11.4. The highest BCUT2D eigenvalue weighted by atomic mass is 32.2. The van der Waals surface area contributed by atoms with Gasteiger partial charge in [-0.05, 0) is 30.7 Å². The first-order valence-electron chi connectivity index (χ1n) is 8.93. The van der Waals surface area contributed by atoms with Crippen LogP contribution in [0.5, 0.6) is 0 Å². The minimum atomic E-state index is -3.28. The van der Waals surface area contributed by atoms with Crippen molar-refractivity contribution in [1.29, 1.82) is 0 Å². The van der Waals surface area contributed by atoms with Crippen molar-refractivity contribution in [3.63, 3.8) is 0 Å². The molecule has 3 aromatic rings. The van der Waals surface area contributed by atoms with E-state index in [1.165, 1.54) is 6.26 Å². The molecule has 0 unspecified atom stereocenters. The van der Waals surface area contributed by atoms with Gasteiger partial charge in [0.05, 0.1) is 27.5 Å². The number of rotatable bonds is 2. The Balaban J connectivity index is 1.78. The summed E-state index contributed by atoms with van der Waals surface area (Å²) >= 11 is 0. The van der Waals surface area contributed by atoms with Gasteiger partial charge in [0.15, 0.2) is 9.84 Å². The topological polar surface area (TPSA) is 98.8 Å². The van der Waals surface area contributed by atoms with E-state index in [4.69, 9.17) is 5.73 Å². The number of nitrogen functional groups attached to an aromatic ring is 1. The maximum Gasteiger partial charge on any atom is 0.220 e. The molecule has 2 aromatic heterocycles. The van der Waals surface area contributed by atoms with Crippen molar-refractivity contribution in [1.82, 2.24) is 15.0 Å². The number of hydrogen-bond donors (Lipinski definition) is 1. The SMILES string of the molecule is Cc1nc(N)nc(-c2ccc(S(C)(=O)=O)cc2)c1C#Cc1cnc2c(c1)C=CC2. The molecule has 0 aliphatic heterocycles. The quantitative estimate of drug-likeness (QED) is 0.662. The summed E-state index contributed by atoms with van der Waals surface area (Å²) in [4.78, 5) is 13.3. The first-order valence-corrected chi connectivity index (χ1v) is 10.8. The molecule has 2 N–H and O–H groups in total. The van der Waals surface area contributed by atoms with Gasteiger partial charge in [0.2, 0.25) is 5.95 Å². The van der Waals surface area contributed by atoms with Crippen LogP contribution < -0.4 is 5.73 Å². The molecular formula is C22H18N4O2S. The number of aryl methyl sites for hydroxylation is 1. The van der Waals surface area contributed by atoms with E-state index >= 15 is 0 Å². The fourth-order valence-electron chi connectivity index (χ4n) is 3.14. The summed E-state index contributed by atoms with van der Waals surface area (Å²) in [7, 11) is -3.28. The molecule has 144 valence electrons. The molecule has 6 nitrogen and oxygen atoms in total. The minimum Gasteiger partial charge on any atom is -0.368 e. The van der Waals surface area contributed by atoms with Gasteiger partial charge < -0.3 is 5.73 Å². The van der Waals surface area contributed by atoms with E-state index in [0.29, 0.717) is 22.5 Å². The number of fused-ring (bicyclic) bond motifs is 1. The maximum atomic E-state index is 11.7. The first-order chi connectivity index (χ1) is 13.8. The molecule has 0 fully saturated rings. The predicted molar refractivity (Wildman–Crippen MR) is 113 cm³/mol. The second-order valence-corrected chi connectivity index (χ2v) is 8.82. The number of aromatic nitrogens is 3. The van der Waals surface area contributed by atoms with Crippen LogP contribution in [0.15, 0.2) is 47.5 Å². The van der Waals surface area contributed by atoms with E-state index in [-0.39, 0.29) is 10.8 Å². The summed E-state index contributed by atoms with van der Waals surface area (Å²) in [6, 6.07) is 8.50. The molecule has 2 heterocycles. The van der Waals surface area contributed by atoms with Crippen LogP contribution in [0, 0.1) is 18.8 Å². The number of nitrogens with zero attached hydrogens (tertiary/aromatic N) is 3. The Labute approximate surface area is 169 Å². The predicted octanol–water partition coefficient (Wildman–Crippen LogP) is 2.80. The average molecular weight is 402 g/mol. The molecule has 1 aliphatic carbocycles. The Bertz CT molecular complexity index is 1320. The number of pyridine rings is 1. The second kappa shape index (κ2) is 7.15. The van der Waals surface area contributed by atoms with Crippen LogP contribution in [0.4, 0.5) is 5.95 Å². The zero-order valence-corrected chi connectivity index (χ0v) is 16.8. The van der Waals surface area contributed by atoms with Crippen LogP contribution in [-0.4, -0.2) is 29.6 Å². The summed E-state index contributed by atoms with van der Waals surface area (Å²) in [6.07, 6.45) is 7.89. The molecule has 29 heavy (non-hydrogen) atoms. The molecule has 4 rings (SSSR count). The Morgan fingerprint density at radius 2 is 1.86 bits per heavy atom. The van der Waals surface area contributed by atoms with Crippen molar-refractivity contribution in [2.45, 2.75) is 18.2 Å². The third-order valence-electron chi connectivity index (χ3n) is 4.61. The number of anilines is 1. The van der Waals surface area contributed by atoms with E-state index in [0.717, 1.165) is 23.2 Å². The van der Waals surface area contributed by atoms with E-state index in [1.807, 2.05) is 19.1 Å². The lowest BCUT2D eigenvalue weighted by Gasteiger charge is -2.08. The van der Waals surface area contributed by atoms with Crippen LogP contribution in [0.25, 0.3) is 17.3 Å². The molecule has 0 saturated carbocycles. The van der Waals surface area contributed by atoms with Crippen LogP contribution >= 0.6 is 0 Å². The maximum absolute atomic E-state index is 11.7. The number of allylic oxidation sites excluding steroid dienone is 1. The van der Waals surface area contributed by atoms with Crippen LogP contribution in [0.2, 0.25) is 0 Å². The fourth-order valence-corrected chi connectivity index (χ4v) is 3.77. The minimum absolute atomic E-state index is 0.138. The third-order valence-corrected chi connectivity index (χ3v) is 5.74. The summed E-state index contributed by atoms with van der Waals surface area (Å²) < 4.78 is 23.4. The van der Waals surface area contributed by atoms with Gasteiger partial charge in [0, 0.05) is 30.0 Å². The lowest BCUT2D eigenvalue weighted by Crippen LogP contribution is -2.03. The van der Waals surface area contributed by atoms with Crippen molar-refractivity contribution in [2.24, 2.45) is 0 Å². The van der Waals surface area contributed by atoms with Gasteiger partial charge in [-0.2, -0.15) is 0 Å². The van der Waals surface area contributed by atoms with Gasteiger partial charge in [-0.15, -0.1) is 0 Å². The normalized spacial score (nSPS) is 12.3. The number of nitrogens with two attached hydrogens (primary N) is 1. The zero-order chi connectivity index (χ0) is 20.6. The number of benzene rings is 1. The van der Waals surface area contributed by atoms with Crippen LogP contribution in [0.1, 0.15) is 28.1 Å². The van der Waals surface area contributed by atoms with Crippen molar-refractivity contribution < 1.29 is 8.42 Å². The number of hydrogen-bond acceptors (Lipinski definition) is 6. The standard InChI is InChI=1S/C22H18N4O2S/c1-14-19(11-6-15-12-17-4-3-5-20(17)24-13-15)21(26-22(23)25-14)16-7-9-18(10-8-16)29(2,27)28/h3-4,7-10,12-13H,5H2,1-2H3,(H2,23,25,26). The Kier molecular flexibility index (Phi) is 4.65. The van der Waals surface area contributed by atoms with Gasteiger partial charge in [-0.25, -0.2) is 18.4 Å². The van der Waals surface area contributed by atoms with E-state index in [1.54, 1.807) is 30.5 Å². The van der Waals surface area contributed by atoms with E-state index < -0.39 is 9.84 Å². The third kappa shape index (κ3) is 3.89. The molecule has 0 spiro atoms. The van der Waals surface area contributed by atoms with Gasteiger partial charge in [-0.3, -0.25) is 4.98 Å².